The van der Waals surface area contributed by atoms with E-state index in [0.717, 1.165) is 25.2 Å². The summed E-state index contributed by atoms with van der Waals surface area (Å²) in [6, 6.07) is 4.31. The quantitative estimate of drug-likeness (QED) is 0.915. The van der Waals surface area contributed by atoms with Gasteiger partial charge in [-0.05, 0) is 31.5 Å². The van der Waals surface area contributed by atoms with Gasteiger partial charge in [0.1, 0.15) is 0 Å². The van der Waals surface area contributed by atoms with Crippen LogP contribution in [0.3, 0.4) is 0 Å². The van der Waals surface area contributed by atoms with Crippen molar-refractivity contribution in [1.82, 2.24) is 14.9 Å². The monoisotopic (exact) mass is 258 g/mol. The van der Waals surface area contributed by atoms with Crippen LogP contribution < -0.4 is 5.73 Å². The van der Waals surface area contributed by atoms with Crippen LogP contribution in [0.1, 0.15) is 36.6 Å². The summed E-state index contributed by atoms with van der Waals surface area (Å²) in [5.74, 6) is 0.353. The fourth-order valence-corrected chi connectivity index (χ4v) is 2.71. The maximum Gasteiger partial charge on any atom is 0.220 e. The van der Waals surface area contributed by atoms with E-state index in [9.17, 15) is 0 Å². The summed E-state index contributed by atoms with van der Waals surface area (Å²) in [7, 11) is 0. The first kappa shape index (κ1) is 12.2. The lowest BCUT2D eigenvalue weighted by Gasteiger charge is -2.35. The molecule has 0 saturated carbocycles. The molecule has 2 N–H and O–H groups in total. The number of nitrogens with zero attached hydrogens (tertiary/aromatic N) is 3. The zero-order valence-electron chi connectivity index (χ0n) is 10.8. The Morgan fingerprint density at radius 1 is 1.37 bits per heavy atom. The largest absolute Gasteiger partial charge is 0.472 e. The Labute approximate surface area is 112 Å². The van der Waals surface area contributed by atoms with Gasteiger partial charge in [-0.1, -0.05) is 6.42 Å². The molecule has 1 fully saturated rings. The van der Waals surface area contributed by atoms with Gasteiger partial charge in [0.05, 0.1) is 24.3 Å². The van der Waals surface area contributed by atoms with Crippen molar-refractivity contribution >= 4 is 5.95 Å². The minimum absolute atomic E-state index is 0.328. The van der Waals surface area contributed by atoms with Crippen molar-refractivity contribution in [1.29, 1.82) is 0 Å². The van der Waals surface area contributed by atoms with Crippen molar-refractivity contribution < 1.29 is 4.42 Å². The van der Waals surface area contributed by atoms with Crippen molar-refractivity contribution in [3.05, 3.63) is 42.1 Å². The standard InChI is InChI=1S/C14H18N4O/c15-14-16-6-4-12(17-14)13-3-1-2-7-18(13)9-11-5-8-19-10-11/h4-6,8,10,13H,1-3,7,9H2,(H2,15,16,17)/t13-/m1/s1. The molecule has 1 saturated heterocycles. The normalized spacial score (nSPS) is 20.5. The van der Waals surface area contributed by atoms with Gasteiger partial charge in [0.15, 0.2) is 0 Å². The number of furan rings is 1. The molecule has 0 spiro atoms. The van der Waals surface area contributed by atoms with Crippen molar-refractivity contribution in [2.24, 2.45) is 0 Å². The molecule has 0 aromatic carbocycles. The molecule has 1 aliphatic rings. The number of nitrogens with two attached hydrogens (primary N) is 1. The van der Waals surface area contributed by atoms with E-state index in [1.165, 1.54) is 18.4 Å². The smallest absolute Gasteiger partial charge is 0.220 e. The summed E-state index contributed by atoms with van der Waals surface area (Å²) in [6.45, 7) is 1.98. The van der Waals surface area contributed by atoms with Crippen molar-refractivity contribution in [3.63, 3.8) is 0 Å². The zero-order chi connectivity index (χ0) is 13.1. The highest BCUT2D eigenvalue weighted by Crippen LogP contribution is 2.31. The molecule has 0 radical (unpaired) electrons. The van der Waals surface area contributed by atoms with Crippen LogP contribution in [0, 0.1) is 0 Å². The van der Waals surface area contributed by atoms with Crippen LogP contribution in [0.2, 0.25) is 0 Å². The van der Waals surface area contributed by atoms with E-state index in [4.69, 9.17) is 10.2 Å². The first-order valence-corrected chi connectivity index (χ1v) is 6.66. The van der Waals surface area contributed by atoms with Gasteiger partial charge in [0.25, 0.3) is 0 Å². The molecule has 1 atom stereocenters. The van der Waals surface area contributed by atoms with E-state index in [-0.39, 0.29) is 0 Å². The maximum absolute atomic E-state index is 5.69. The third-order valence-corrected chi connectivity index (χ3v) is 3.62. The Balaban J connectivity index is 1.80. The van der Waals surface area contributed by atoms with Gasteiger partial charge in [0.2, 0.25) is 5.95 Å². The number of aromatic nitrogens is 2. The predicted molar refractivity (Wildman–Crippen MR) is 72.2 cm³/mol. The zero-order valence-corrected chi connectivity index (χ0v) is 10.8. The molecule has 0 amide bonds. The van der Waals surface area contributed by atoms with Gasteiger partial charge in [-0.25, -0.2) is 9.97 Å². The Morgan fingerprint density at radius 2 is 2.32 bits per heavy atom. The number of rotatable bonds is 3. The summed E-state index contributed by atoms with van der Waals surface area (Å²) in [6.07, 6.45) is 8.85. The van der Waals surface area contributed by atoms with E-state index in [0.29, 0.717) is 12.0 Å². The second-order valence-corrected chi connectivity index (χ2v) is 4.95. The number of piperidine rings is 1. The van der Waals surface area contributed by atoms with Gasteiger partial charge in [0, 0.05) is 18.3 Å². The van der Waals surface area contributed by atoms with Gasteiger partial charge in [-0.15, -0.1) is 0 Å². The summed E-state index contributed by atoms with van der Waals surface area (Å²) in [5, 5.41) is 0. The lowest BCUT2D eigenvalue weighted by atomic mass is 9.98. The first-order valence-electron chi connectivity index (χ1n) is 6.66. The Kier molecular flexibility index (Phi) is 3.46. The Bertz CT molecular complexity index is 526. The van der Waals surface area contributed by atoms with E-state index < -0.39 is 0 Å². The molecule has 1 aliphatic heterocycles. The second kappa shape index (κ2) is 5.40. The molecule has 100 valence electrons. The van der Waals surface area contributed by atoms with Gasteiger partial charge in [-0.2, -0.15) is 0 Å². The van der Waals surface area contributed by atoms with Crippen molar-refractivity contribution in [2.45, 2.75) is 31.8 Å². The van der Waals surface area contributed by atoms with Crippen LogP contribution in [0.5, 0.6) is 0 Å². The number of likely N-dealkylation sites (tertiary alicyclic amines) is 1. The van der Waals surface area contributed by atoms with Gasteiger partial charge >= 0.3 is 0 Å². The second-order valence-electron chi connectivity index (χ2n) is 4.95. The van der Waals surface area contributed by atoms with E-state index in [2.05, 4.69) is 14.9 Å². The van der Waals surface area contributed by atoms with E-state index in [1.54, 1.807) is 18.7 Å². The average molecular weight is 258 g/mol. The summed E-state index contributed by atoms with van der Waals surface area (Å²) >= 11 is 0. The van der Waals surface area contributed by atoms with Crippen molar-refractivity contribution in [2.75, 3.05) is 12.3 Å². The molecule has 0 unspecified atom stereocenters. The third-order valence-electron chi connectivity index (χ3n) is 3.62. The molecule has 3 heterocycles. The van der Waals surface area contributed by atoms with Crippen LogP contribution in [0.15, 0.2) is 35.3 Å². The number of hydrogen-bond acceptors (Lipinski definition) is 5. The molecule has 2 aromatic rings. The molecule has 0 bridgehead atoms. The van der Waals surface area contributed by atoms with Crippen LogP contribution in [0.4, 0.5) is 5.95 Å². The van der Waals surface area contributed by atoms with Crippen LogP contribution in [-0.4, -0.2) is 21.4 Å². The molecule has 3 rings (SSSR count). The average Bonchev–Trinajstić information content (AvgIpc) is 2.92. The lowest BCUT2D eigenvalue weighted by molar-refractivity contribution is 0.137. The topological polar surface area (TPSA) is 68.2 Å². The minimum atomic E-state index is 0.328. The lowest BCUT2D eigenvalue weighted by Crippen LogP contribution is -2.33. The summed E-state index contributed by atoms with van der Waals surface area (Å²) < 4.78 is 5.14. The molecule has 5 heteroatoms. The van der Waals surface area contributed by atoms with Crippen LogP contribution in [0.25, 0.3) is 0 Å². The minimum Gasteiger partial charge on any atom is -0.472 e. The van der Waals surface area contributed by atoms with Gasteiger partial charge in [-0.3, -0.25) is 4.90 Å². The fraction of sp³-hybridized carbons (Fsp3) is 0.429. The molecular weight excluding hydrogens is 240 g/mol. The van der Waals surface area contributed by atoms with E-state index >= 15 is 0 Å². The highest BCUT2D eigenvalue weighted by atomic mass is 16.3. The molecule has 5 nitrogen and oxygen atoms in total. The van der Waals surface area contributed by atoms with Crippen molar-refractivity contribution in [3.8, 4) is 0 Å². The number of nitrogen functional groups attached to an aromatic ring is 1. The highest BCUT2D eigenvalue weighted by molar-refractivity contribution is 5.20. The first-order chi connectivity index (χ1) is 9.33. The molecule has 19 heavy (non-hydrogen) atoms. The fourth-order valence-electron chi connectivity index (χ4n) is 2.71. The molecule has 2 aromatic heterocycles. The third kappa shape index (κ3) is 2.76. The molecule has 0 aliphatic carbocycles. The van der Waals surface area contributed by atoms with E-state index in [1.807, 2.05) is 12.1 Å². The predicted octanol–water partition coefficient (Wildman–Crippen LogP) is 2.38. The maximum atomic E-state index is 5.69. The summed E-state index contributed by atoms with van der Waals surface area (Å²) in [4.78, 5) is 10.8. The number of hydrogen-bond donors (Lipinski definition) is 1. The SMILES string of the molecule is Nc1nccc([C@H]2CCCCN2Cc2ccoc2)n1. The highest BCUT2D eigenvalue weighted by Gasteiger charge is 2.25. The van der Waals surface area contributed by atoms with Crippen LogP contribution >= 0.6 is 0 Å². The Hall–Kier alpha value is -1.88. The van der Waals surface area contributed by atoms with Gasteiger partial charge < -0.3 is 10.2 Å². The van der Waals surface area contributed by atoms with Crippen LogP contribution in [-0.2, 0) is 6.54 Å². The Morgan fingerprint density at radius 3 is 3.11 bits per heavy atom. The molecular formula is C14H18N4O. The summed E-state index contributed by atoms with van der Waals surface area (Å²) in [5.41, 5.74) is 7.92. The number of anilines is 1.